The first kappa shape index (κ1) is 15.6. The molecule has 0 aliphatic carbocycles. The van der Waals surface area contributed by atoms with Crippen LogP contribution in [0, 0.1) is 5.92 Å². The molecule has 2 aromatic rings. The van der Waals surface area contributed by atoms with Crippen LogP contribution in [-0.4, -0.2) is 43.7 Å². The Labute approximate surface area is 146 Å². The molecule has 0 saturated carbocycles. The van der Waals surface area contributed by atoms with E-state index in [0.717, 1.165) is 9.71 Å². The molecule has 0 spiro atoms. The number of aliphatic hydroxyl groups excluding tert-OH is 1. The van der Waals surface area contributed by atoms with Crippen molar-refractivity contribution in [2.45, 2.75) is 25.5 Å². The lowest BCUT2D eigenvalue weighted by Gasteiger charge is -2.44. The monoisotopic (exact) mass is 368 g/mol. The molecule has 0 radical (unpaired) electrons. The molecule has 0 aromatic carbocycles. The maximum Gasteiger partial charge on any atom is 0.352 e. The smallest absolute Gasteiger partial charge is 0.352 e. The summed E-state index contributed by atoms with van der Waals surface area (Å²) in [4.78, 5) is 26.9. The largest absolute Gasteiger partial charge is 0.477 e. The standard InChI is InChI=1S/C15H14ClN3O4S/c1-6(20)10-8-3-7(11(15(22)23)19(8)13(10)21)9-4-18-5-17(2)12(16)14(18)24-9/h4-6,8,10,20H,3H2,1-2H3/p+1/t6-,8-,10-/m1/s1. The first-order valence-corrected chi connectivity index (χ1v) is 8.64. The summed E-state index contributed by atoms with van der Waals surface area (Å²) in [5.74, 6) is -1.99. The molecule has 24 heavy (non-hydrogen) atoms. The number of thiazole rings is 1. The number of aliphatic carboxylic acids is 1. The molecule has 3 atom stereocenters. The lowest BCUT2D eigenvalue weighted by atomic mass is 9.83. The third kappa shape index (κ3) is 1.90. The Kier molecular flexibility index (Phi) is 3.28. The number of carbonyl (C=O) groups excluding carboxylic acids is 1. The highest BCUT2D eigenvalue weighted by atomic mass is 35.5. The van der Waals surface area contributed by atoms with Crippen molar-refractivity contribution in [1.29, 1.82) is 0 Å². The number of hydrogen-bond acceptors (Lipinski definition) is 4. The highest BCUT2D eigenvalue weighted by molar-refractivity contribution is 7.18. The minimum atomic E-state index is -1.13. The van der Waals surface area contributed by atoms with E-state index in [-0.39, 0.29) is 17.6 Å². The van der Waals surface area contributed by atoms with Gasteiger partial charge in [0.05, 0.1) is 30.0 Å². The van der Waals surface area contributed by atoms with Crippen molar-refractivity contribution in [2.75, 3.05) is 0 Å². The molecule has 2 aliphatic heterocycles. The molecule has 9 heteroatoms. The Morgan fingerprint density at radius 2 is 2.25 bits per heavy atom. The summed E-state index contributed by atoms with van der Waals surface area (Å²) < 4.78 is 3.62. The number of β-lactam (4-membered cyclic amide) rings is 1. The van der Waals surface area contributed by atoms with E-state index >= 15 is 0 Å². The first-order chi connectivity index (χ1) is 11.3. The lowest BCUT2D eigenvalue weighted by Crippen LogP contribution is -2.61. The quantitative estimate of drug-likeness (QED) is 0.622. The van der Waals surface area contributed by atoms with Crippen LogP contribution >= 0.6 is 22.9 Å². The van der Waals surface area contributed by atoms with Gasteiger partial charge in [0.2, 0.25) is 10.7 Å². The van der Waals surface area contributed by atoms with Crippen LogP contribution in [-0.2, 0) is 16.6 Å². The fourth-order valence-electron chi connectivity index (χ4n) is 3.62. The van der Waals surface area contributed by atoms with Crippen LogP contribution in [0.1, 0.15) is 18.2 Å². The molecule has 2 N–H and O–H groups in total. The van der Waals surface area contributed by atoms with Crippen LogP contribution in [0.3, 0.4) is 0 Å². The predicted octanol–water partition coefficient (Wildman–Crippen LogP) is 0.886. The minimum absolute atomic E-state index is 0.0203. The van der Waals surface area contributed by atoms with Crippen LogP contribution in [0.5, 0.6) is 0 Å². The van der Waals surface area contributed by atoms with Gasteiger partial charge in [0.25, 0.3) is 11.5 Å². The van der Waals surface area contributed by atoms with Crippen LogP contribution in [0.2, 0.25) is 5.15 Å². The number of aromatic nitrogens is 2. The molecule has 0 unspecified atom stereocenters. The van der Waals surface area contributed by atoms with E-state index in [9.17, 15) is 19.8 Å². The number of aliphatic hydroxyl groups is 1. The second-order valence-corrected chi connectivity index (χ2v) is 7.59. The highest BCUT2D eigenvalue weighted by Crippen LogP contribution is 2.47. The SMILES string of the molecule is C[C@@H](O)[C@H]1C(=O)N2C(C(=O)O)=C(c3c[n+]4cn(C)c(Cl)c4s3)C[C@H]12. The van der Waals surface area contributed by atoms with Crippen molar-refractivity contribution in [3.63, 3.8) is 0 Å². The number of carboxylic acids is 1. The number of amides is 1. The van der Waals surface area contributed by atoms with Crippen molar-refractivity contribution in [1.82, 2.24) is 9.47 Å². The molecule has 2 aromatic heterocycles. The predicted molar refractivity (Wildman–Crippen MR) is 86.4 cm³/mol. The fourth-order valence-corrected chi connectivity index (χ4v) is 4.99. The molecule has 4 heterocycles. The van der Waals surface area contributed by atoms with Gasteiger partial charge in [-0.25, -0.2) is 9.36 Å². The molecule has 1 saturated heterocycles. The van der Waals surface area contributed by atoms with Gasteiger partial charge in [-0.1, -0.05) is 11.3 Å². The highest BCUT2D eigenvalue weighted by Gasteiger charge is 2.57. The van der Waals surface area contributed by atoms with E-state index in [2.05, 4.69) is 0 Å². The molecule has 2 aliphatic rings. The van der Waals surface area contributed by atoms with Crippen LogP contribution in [0.15, 0.2) is 18.2 Å². The van der Waals surface area contributed by atoms with E-state index < -0.39 is 18.0 Å². The summed E-state index contributed by atoms with van der Waals surface area (Å²) in [5, 5.41) is 19.9. The second kappa shape index (κ2) is 5.05. The third-order valence-electron chi connectivity index (χ3n) is 4.71. The second-order valence-electron chi connectivity index (χ2n) is 6.20. The Morgan fingerprint density at radius 3 is 2.83 bits per heavy atom. The van der Waals surface area contributed by atoms with Crippen LogP contribution in [0.4, 0.5) is 0 Å². The topological polar surface area (TPSA) is 86.9 Å². The van der Waals surface area contributed by atoms with E-state index in [4.69, 9.17) is 11.6 Å². The first-order valence-electron chi connectivity index (χ1n) is 7.44. The van der Waals surface area contributed by atoms with Crippen LogP contribution in [0.25, 0.3) is 10.4 Å². The molecule has 7 nitrogen and oxygen atoms in total. The Bertz CT molecular complexity index is 929. The third-order valence-corrected chi connectivity index (χ3v) is 6.44. The van der Waals surface area contributed by atoms with E-state index in [1.54, 1.807) is 11.5 Å². The summed E-state index contributed by atoms with van der Waals surface area (Å²) in [6.45, 7) is 1.56. The van der Waals surface area contributed by atoms with Gasteiger partial charge in [-0.05, 0) is 24.9 Å². The molecule has 1 fully saturated rings. The average Bonchev–Trinajstić information content (AvgIpc) is 3.11. The minimum Gasteiger partial charge on any atom is -0.477 e. The summed E-state index contributed by atoms with van der Waals surface area (Å²) >= 11 is 7.64. The van der Waals surface area contributed by atoms with Gasteiger partial charge in [-0.15, -0.1) is 0 Å². The number of halogens is 1. The molecule has 1 amide bonds. The number of nitrogens with zero attached hydrogens (tertiary/aromatic N) is 3. The number of carbonyl (C=O) groups is 2. The van der Waals surface area contributed by atoms with Gasteiger partial charge in [0.1, 0.15) is 11.9 Å². The average molecular weight is 369 g/mol. The van der Waals surface area contributed by atoms with E-state index in [0.29, 0.717) is 17.1 Å². The summed E-state index contributed by atoms with van der Waals surface area (Å²) in [6, 6.07) is -0.286. The van der Waals surface area contributed by atoms with Gasteiger partial charge in [0.15, 0.2) is 0 Å². The molecule has 0 bridgehead atoms. The Morgan fingerprint density at radius 1 is 1.54 bits per heavy atom. The zero-order valence-electron chi connectivity index (χ0n) is 12.9. The number of carboxylic acid groups (broad SMARTS) is 1. The number of rotatable bonds is 3. The zero-order chi connectivity index (χ0) is 17.3. The van der Waals surface area contributed by atoms with Gasteiger partial charge in [-0.2, -0.15) is 4.40 Å². The van der Waals surface area contributed by atoms with Gasteiger partial charge < -0.3 is 15.1 Å². The fraction of sp³-hybridized carbons (Fsp3) is 0.400. The van der Waals surface area contributed by atoms with Gasteiger partial charge in [0, 0.05) is 5.57 Å². The normalized spacial score (nSPS) is 24.5. The maximum absolute atomic E-state index is 12.2. The number of hydrogen-bond donors (Lipinski definition) is 2. The van der Waals surface area contributed by atoms with Crippen molar-refractivity contribution < 1.29 is 24.2 Å². The van der Waals surface area contributed by atoms with E-state index in [1.807, 2.05) is 24.0 Å². The number of aryl methyl sites for hydroxylation is 1. The molecule has 126 valence electrons. The molecular weight excluding hydrogens is 354 g/mol. The molecular formula is C15H15ClN3O4S+. The van der Waals surface area contributed by atoms with Gasteiger partial charge in [-0.3, -0.25) is 4.79 Å². The molecule has 4 rings (SSSR count). The van der Waals surface area contributed by atoms with Crippen LogP contribution < -0.4 is 4.40 Å². The summed E-state index contributed by atoms with van der Waals surface area (Å²) in [7, 11) is 1.83. The van der Waals surface area contributed by atoms with E-state index in [1.165, 1.54) is 16.2 Å². The lowest BCUT2D eigenvalue weighted by molar-refractivity contribution is -0.508. The van der Waals surface area contributed by atoms with Crippen molar-refractivity contribution in [3.05, 3.63) is 28.3 Å². The maximum atomic E-state index is 12.2. The zero-order valence-corrected chi connectivity index (χ0v) is 14.5. The van der Waals surface area contributed by atoms with Crippen molar-refractivity contribution in [3.8, 4) is 0 Å². The summed E-state index contributed by atoms with van der Waals surface area (Å²) in [5.41, 5.74) is 0.642. The van der Waals surface area contributed by atoms with Crippen molar-refractivity contribution >= 4 is 45.2 Å². The number of imidazole rings is 1. The Hall–Kier alpha value is -1.90. The van der Waals surface area contributed by atoms with Gasteiger partial charge >= 0.3 is 5.97 Å². The van der Waals surface area contributed by atoms with Crippen molar-refractivity contribution in [2.24, 2.45) is 13.0 Å². The number of fused-ring (bicyclic) bond motifs is 2. The summed E-state index contributed by atoms with van der Waals surface area (Å²) in [6.07, 6.45) is 3.28. The Balaban J connectivity index is 1.81.